The summed E-state index contributed by atoms with van der Waals surface area (Å²) in [5.74, 6) is -0.820. The van der Waals surface area contributed by atoms with Crippen molar-refractivity contribution in [2.45, 2.75) is 39.7 Å². The molecule has 0 saturated carbocycles. The topological polar surface area (TPSA) is 57.6 Å². The van der Waals surface area contributed by atoms with E-state index in [4.69, 9.17) is 0 Å². The third-order valence-electron chi connectivity index (χ3n) is 4.04. The molecule has 0 bridgehead atoms. The van der Waals surface area contributed by atoms with E-state index < -0.39 is 5.97 Å². The van der Waals surface area contributed by atoms with E-state index >= 15 is 0 Å². The zero-order valence-corrected chi connectivity index (χ0v) is 12.1. The molecule has 1 amide bonds. The Morgan fingerprint density at radius 3 is 2.70 bits per heavy atom. The molecule has 0 unspecified atom stereocenters. The quantitative estimate of drug-likeness (QED) is 0.922. The number of amides is 1. The van der Waals surface area contributed by atoms with Gasteiger partial charge in [0.25, 0.3) is 0 Å². The number of carbonyl (C=O) groups excluding carboxylic acids is 1. The largest absolute Gasteiger partial charge is 0.478 e. The maximum Gasteiger partial charge on any atom is 0.336 e. The first-order valence-corrected chi connectivity index (χ1v) is 6.98. The summed E-state index contributed by atoms with van der Waals surface area (Å²) < 4.78 is 0. The van der Waals surface area contributed by atoms with Gasteiger partial charge in [-0.1, -0.05) is 32.0 Å². The minimum absolute atomic E-state index is 0.121. The molecule has 1 aromatic rings. The maximum absolute atomic E-state index is 12.2. The lowest BCUT2D eigenvalue weighted by Gasteiger charge is -2.24. The molecular formula is C16H21NO3. The van der Waals surface area contributed by atoms with Crippen molar-refractivity contribution in [3.63, 3.8) is 0 Å². The van der Waals surface area contributed by atoms with Crippen molar-refractivity contribution in [2.75, 3.05) is 6.54 Å². The number of hydrogen-bond acceptors (Lipinski definition) is 2. The van der Waals surface area contributed by atoms with E-state index in [1.54, 1.807) is 23.1 Å². The second-order valence-electron chi connectivity index (χ2n) is 6.19. The number of benzene rings is 1. The monoisotopic (exact) mass is 275 g/mol. The predicted octanol–water partition coefficient (Wildman–Crippen LogP) is 2.92. The number of aromatic carboxylic acids is 1. The van der Waals surface area contributed by atoms with Gasteiger partial charge in [-0.3, -0.25) is 4.79 Å². The SMILES string of the molecule is CC1(C)CCC(=O)N(Cc2ccccc2C(=O)O)CC1. The lowest BCUT2D eigenvalue weighted by Crippen LogP contribution is -2.30. The molecule has 1 aliphatic heterocycles. The van der Waals surface area contributed by atoms with Gasteiger partial charge in [0.15, 0.2) is 0 Å². The van der Waals surface area contributed by atoms with Crippen LogP contribution in [0.1, 0.15) is 49.0 Å². The molecule has 1 N–H and O–H groups in total. The molecule has 20 heavy (non-hydrogen) atoms. The third kappa shape index (κ3) is 3.38. The number of likely N-dealkylation sites (tertiary alicyclic amines) is 1. The van der Waals surface area contributed by atoms with Crippen molar-refractivity contribution < 1.29 is 14.7 Å². The number of nitrogens with zero attached hydrogens (tertiary/aromatic N) is 1. The second-order valence-corrected chi connectivity index (χ2v) is 6.19. The van der Waals surface area contributed by atoms with Gasteiger partial charge in [-0.2, -0.15) is 0 Å². The molecule has 4 heteroatoms. The summed E-state index contributed by atoms with van der Waals surface area (Å²) in [6.07, 6.45) is 2.39. The molecule has 1 saturated heterocycles. The van der Waals surface area contributed by atoms with Gasteiger partial charge < -0.3 is 10.0 Å². The lowest BCUT2D eigenvalue weighted by molar-refractivity contribution is -0.131. The van der Waals surface area contributed by atoms with E-state index in [0.717, 1.165) is 12.8 Å². The predicted molar refractivity (Wildman–Crippen MR) is 76.5 cm³/mol. The van der Waals surface area contributed by atoms with Gasteiger partial charge in [-0.25, -0.2) is 4.79 Å². The summed E-state index contributed by atoms with van der Waals surface area (Å²) in [6, 6.07) is 6.89. The Hall–Kier alpha value is -1.84. The zero-order chi connectivity index (χ0) is 14.8. The van der Waals surface area contributed by atoms with Crippen molar-refractivity contribution in [3.8, 4) is 0 Å². The summed E-state index contributed by atoms with van der Waals surface area (Å²) in [4.78, 5) is 25.2. The minimum Gasteiger partial charge on any atom is -0.478 e. The molecular weight excluding hydrogens is 254 g/mol. The van der Waals surface area contributed by atoms with Crippen LogP contribution in [0.5, 0.6) is 0 Å². The van der Waals surface area contributed by atoms with E-state index in [-0.39, 0.29) is 16.9 Å². The Morgan fingerprint density at radius 2 is 2.00 bits per heavy atom. The normalized spacial score (nSPS) is 18.7. The maximum atomic E-state index is 12.2. The van der Waals surface area contributed by atoms with Crippen LogP contribution in [0.3, 0.4) is 0 Å². The number of carboxylic acid groups (broad SMARTS) is 1. The molecule has 0 atom stereocenters. The molecule has 0 aliphatic carbocycles. The molecule has 2 rings (SSSR count). The molecule has 0 aromatic heterocycles. The Bertz CT molecular complexity index is 522. The van der Waals surface area contributed by atoms with E-state index in [9.17, 15) is 14.7 Å². The summed E-state index contributed by atoms with van der Waals surface area (Å²) >= 11 is 0. The first-order chi connectivity index (χ1) is 9.39. The van der Waals surface area contributed by atoms with Crippen molar-refractivity contribution in [1.82, 2.24) is 4.90 Å². The molecule has 1 aliphatic rings. The molecule has 1 fully saturated rings. The average molecular weight is 275 g/mol. The lowest BCUT2D eigenvalue weighted by atomic mass is 9.85. The van der Waals surface area contributed by atoms with E-state index in [1.807, 2.05) is 6.07 Å². The fourth-order valence-electron chi connectivity index (χ4n) is 2.53. The van der Waals surface area contributed by atoms with Gasteiger partial charge in [-0.05, 0) is 29.9 Å². The van der Waals surface area contributed by atoms with Crippen LogP contribution in [0.15, 0.2) is 24.3 Å². The summed E-state index contributed by atoms with van der Waals surface area (Å²) in [7, 11) is 0. The van der Waals surface area contributed by atoms with Gasteiger partial charge >= 0.3 is 5.97 Å². The van der Waals surface area contributed by atoms with Crippen LogP contribution in [0.25, 0.3) is 0 Å². The fourth-order valence-corrected chi connectivity index (χ4v) is 2.53. The summed E-state index contributed by atoms with van der Waals surface area (Å²) in [6.45, 7) is 5.43. The molecule has 1 heterocycles. The van der Waals surface area contributed by atoms with Crippen LogP contribution in [-0.2, 0) is 11.3 Å². The fraction of sp³-hybridized carbons (Fsp3) is 0.500. The van der Waals surface area contributed by atoms with Crippen LogP contribution in [0.4, 0.5) is 0 Å². The standard InChI is InChI=1S/C16H21NO3/c1-16(2)8-7-14(18)17(10-9-16)11-12-5-3-4-6-13(12)15(19)20/h3-6H,7-11H2,1-2H3,(H,19,20). The van der Waals surface area contributed by atoms with Gasteiger partial charge in [0.2, 0.25) is 5.91 Å². The minimum atomic E-state index is -0.941. The Labute approximate surface area is 119 Å². The Balaban J connectivity index is 2.17. The molecule has 4 nitrogen and oxygen atoms in total. The number of carboxylic acids is 1. The summed E-state index contributed by atoms with van der Waals surface area (Å²) in [5.41, 5.74) is 1.16. The highest BCUT2D eigenvalue weighted by Gasteiger charge is 2.27. The number of carbonyl (C=O) groups is 2. The van der Waals surface area contributed by atoms with Crippen LogP contribution in [0, 0.1) is 5.41 Å². The molecule has 0 spiro atoms. The van der Waals surface area contributed by atoms with Crippen molar-refractivity contribution in [1.29, 1.82) is 0 Å². The molecule has 108 valence electrons. The van der Waals surface area contributed by atoms with Crippen molar-refractivity contribution in [2.24, 2.45) is 5.41 Å². The highest BCUT2D eigenvalue weighted by molar-refractivity contribution is 5.89. The highest BCUT2D eigenvalue weighted by atomic mass is 16.4. The molecule has 1 aromatic carbocycles. The average Bonchev–Trinajstić information content (AvgIpc) is 2.52. The van der Waals surface area contributed by atoms with Crippen LogP contribution < -0.4 is 0 Å². The van der Waals surface area contributed by atoms with Crippen LogP contribution in [0.2, 0.25) is 0 Å². The first kappa shape index (κ1) is 14.6. The second kappa shape index (κ2) is 5.65. The van der Waals surface area contributed by atoms with Crippen molar-refractivity contribution in [3.05, 3.63) is 35.4 Å². The van der Waals surface area contributed by atoms with Gasteiger partial charge in [0.1, 0.15) is 0 Å². The summed E-state index contributed by atoms with van der Waals surface area (Å²) in [5, 5.41) is 9.20. The zero-order valence-electron chi connectivity index (χ0n) is 12.1. The van der Waals surface area contributed by atoms with E-state index in [0.29, 0.717) is 25.1 Å². The van der Waals surface area contributed by atoms with E-state index in [2.05, 4.69) is 13.8 Å². The van der Waals surface area contributed by atoms with Crippen molar-refractivity contribution >= 4 is 11.9 Å². The number of rotatable bonds is 3. The Morgan fingerprint density at radius 1 is 1.30 bits per heavy atom. The van der Waals surface area contributed by atoms with E-state index in [1.165, 1.54) is 0 Å². The molecule has 0 radical (unpaired) electrons. The van der Waals surface area contributed by atoms with Gasteiger partial charge in [0.05, 0.1) is 5.56 Å². The van der Waals surface area contributed by atoms with Gasteiger partial charge in [0, 0.05) is 19.5 Å². The highest BCUT2D eigenvalue weighted by Crippen LogP contribution is 2.31. The van der Waals surface area contributed by atoms with Crippen LogP contribution >= 0.6 is 0 Å². The Kier molecular flexibility index (Phi) is 4.12. The third-order valence-corrected chi connectivity index (χ3v) is 4.04. The van der Waals surface area contributed by atoms with Gasteiger partial charge in [-0.15, -0.1) is 0 Å². The first-order valence-electron chi connectivity index (χ1n) is 6.98. The number of hydrogen-bond donors (Lipinski definition) is 1. The van der Waals surface area contributed by atoms with Crippen LogP contribution in [-0.4, -0.2) is 28.4 Å². The smallest absolute Gasteiger partial charge is 0.336 e.